The van der Waals surface area contributed by atoms with Crippen molar-refractivity contribution in [3.05, 3.63) is 23.5 Å². The number of esters is 1. The number of hydrogen-bond acceptors (Lipinski definition) is 5. The molecule has 1 aliphatic heterocycles. The van der Waals surface area contributed by atoms with Crippen molar-refractivity contribution in [2.24, 2.45) is 5.92 Å². The number of carbonyl (C=O) groups is 1. The molecule has 1 saturated heterocycles. The first-order chi connectivity index (χ1) is 10.0. The summed E-state index contributed by atoms with van der Waals surface area (Å²) < 4.78 is 18.8. The zero-order valence-electron chi connectivity index (χ0n) is 12.5. The first-order valence-electron chi connectivity index (χ1n) is 7.19. The molecule has 3 N–H and O–H groups in total. The molecule has 1 aliphatic rings. The Labute approximate surface area is 124 Å². The van der Waals surface area contributed by atoms with Crippen molar-refractivity contribution in [3.63, 3.8) is 0 Å². The Kier molecular flexibility index (Phi) is 5.01. The minimum Gasteiger partial charge on any atom is -0.462 e. The van der Waals surface area contributed by atoms with E-state index in [1.807, 2.05) is 0 Å². The van der Waals surface area contributed by atoms with Crippen LogP contribution in [0.5, 0.6) is 0 Å². The van der Waals surface area contributed by atoms with Crippen molar-refractivity contribution in [1.29, 1.82) is 0 Å². The summed E-state index contributed by atoms with van der Waals surface area (Å²) in [6.45, 7) is 4.70. The van der Waals surface area contributed by atoms with Crippen molar-refractivity contribution in [2.75, 3.05) is 44.3 Å². The fourth-order valence-corrected chi connectivity index (χ4v) is 2.56. The number of anilines is 2. The van der Waals surface area contributed by atoms with Gasteiger partial charge < -0.3 is 20.7 Å². The van der Waals surface area contributed by atoms with Gasteiger partial charge in [0.25, 0.3) is 0 Å². The van der Waals surface area contributed by atoms with Gasteiger partial charge in [-0.3, -0.25) is 0 Å². The lowest BCUT2D eigenvalue weighted by atomic mass is 10.1. The third-order valence-electron chi connectivity index (χ3n) is 3.70. The summed E-state index contributed by atoms with van der Waals surface area (Å²) in [6, 6.07) is 2.59. The van der Waals surface area contributed by atoms with Gasteiger partial charge in [-0.1, -0.05) is 0 Å². The summed E-state index contributed by atoms with van der Waals surface area (Å²) in [7, 11) is 2.07. The van der Waals surface area contributed by atoms with Crippen LogP contribution in [0.25, 0.3) is 0 Å². The van der Waals surface area contributed by atoms with Gasteiger partial charge in [-0.15, -0.1) is 0 Å². The number of likely N-dealkylation sites (tertiary alicyclic amines) is 1. The zero-order valence-corrected chi connectivity index (χ0v) is 12.5. The van der Waals surface area contributed by atoms with E-state index in [1.165, 1.54) is 6.07 Å². The van der Waals surface area contributed by atoms with Crippen LogP contribution >= 0.6 is 0 Å². The van der Waals surface area contributed by atoms with Crippen LogP contribution < -0.4 is 11.1 Å². The van der Waals surface area contributed by atoms with E-state index in [1.54, 1.807) is 6.92 Å². The quantitative estimate of drug-likeness (QED) is 0.642. The molecule has 1 aromatic carbocycles. The minimum atomic E-state index is -0.529. The fraction of sp³-hybridized carbons (Fsp3) is 0.533. The summed E-state index contributed by atoms with van der Waals surface area (Å²) in [5.74, 6) is -0.497. The second-order valence-corrected chi connectivity index (χ2v) is 5.44. The second-order valence-electron chi connectivity index (χ2n) is 5.44. The van der Waals surface area contributed by atoms with Crippen molar-refractivity contribution in [2.45, 2.75) is 13.3 Å². The smallest absolute Gasteiger partial charge is 0.340 e. The third-order valence-corrected chi connectivity index (χ3v) is 3.70. The topological polar surface area (TPSA) is 67.6 Å². The summed E-state index contributed by atoms with van der Waals surface area (Å²) in [4.78, 5) is 14.0. The highest BCUT2D eigenvalue weighted by atomic mass is 19.1. The highest BCUT2D eigenvalue weighted by Crippen LogP contribution is 2.24. The molecule has 1 unspecified atom stereocenters. The number of nitrogen functional groups attached to an aromatic ring is 1. The first-order valence-corrected chi connectivity index (χ1v) is 7.19. The molecule has 0 radical (unpaired) electrons. The lowest BCUT2D eigenvalue weighted by Crippen LogP contribution is -2.20. The summed E-state index contributed by atoms with van der Waals surface area (Å²) in [5.41, 5.74) is 6.27. The molecular formula is C15H22FN3O2. The Morgan fingerprint density at radius 3 is 2.95 bits per heavy atom. The second kappa shape index (κ2) is 6.76. The maximum absolute atomic E-state index is 13.9. The van der Waals surface area contributed by atoms with E-state index in [9.17, 15) is 9.18 Å². The van der Waals surface area contributed by atoms with Crippen LogP contribution in [0.3, 0.4) is 0 Å². The van der Waals surface area contributed by atoms with Crippen LogP contribution in [0.4, 0.5) is 15.8 Å². The molecule has 5 nitrogen and oxygen atoms in total. The van der Waals surface area contributed by atoms with Gasteiger partial charge in [-0.25, -0.2) is 9.18 Å². The highest BCUT2D eigenvalue weighted by Gasteiger charge is 2.20. The Morgan fingerprint density at radius 1 is 1.57 bits per heavy atom. The lowest BCUT2D eigenvalue weighted by Gasteiger charge is -2.15. The van der Waals surface area contributed by atoms with Gasteiger partial charge in [-0.05, 0) is 45.0 Å². The SMILES string of the molecule is CCOC(=O)c1cc(NCC2CCN(C)C2)c(F)cc1N. The van der Waals surface area contributed by atoms with Gasteiger partial charge in [0.05, 0.1) is 17.9 Å². The van der Waals surface area contributed by atoms with Crippen LogP contribution in [0.15, 0.2) is 12.1 Å². The van der Waals surface area contributed by atoms with E-state index in [0.29, 0.717) is 18.2 Å². The van der Waals surface area contributed by atoms with Gasteiger partial charge in [0.15, 0.2) is 0 Å². The average Bonchev–Trinajstić information content (AvgIpc) is 2.83. The van der Waals surface area contributed by atoms with E-state index in [4.69, 9.17) is 10.5 Å². The molecule has 116 valence electrons. The van der Waals surface area contributed by atoms with Crippen LogP contribution in [-0.4, -0.2) is 44.2 Å². The molecule has 0 aromatic heterocycles. The molecule has 0 spiro atoms. The molecule has 1 aromatic rings. The monoisotopic (exact) mass is 295 g/mol. The molecule has 1 atom stereocenters. The van der Waals surface area contributed by atoms with E-state index in [2.05, 4.69) is 17.3 Å². The minimum absolute atomic E-state index is 0.0945. The molecule has 1 heterocycles. The summed E-state index contributed by atoms with van der Waals surface area (Å²) in [6.07, 6.45) is 1.09. The van der Waals surface area contributed by atoms with Gasteiger partial charge in [0, 0.05) is 18.8 Å². The van der Waals surface area contributed by atoms with Crippen LogP contribution in [-0.2, 0) is 4.74 Å². The van der Waals surface area contributed by atoms with Gasteiger partial charge in [0.2, 0.25) is 0 Å². The summed E-state index contributed by atoms with van der Waals surface area (Å²) in [5, 5.41) is 3.08. The number of nitrogens with one attached hydrogen (secondary N) is 1. The maximum Gasteiger partial charge on any atom is 0.340 e. The van der Waals surface area contributed by atoms with E-state index in [-0.39, 0.29) is 17.9 Å². The van der Waals surface area contributed by atoms with Gasteiger partial charge >= 0.3 is 5.97 Å². The molecule has 6 heteroatoms. The highest BCUT2D eigenvalue weighted by molar-refractivity contribution is 5.96. The zero-order chi connectivity index (χ0) is 15.4. The Hall–Kier alpha value is -1.82. The molecule has 0 aliphatic carbocycles. The number of nitrogens with two attached hydrogens (primary N) is 1. The van der Waals surface area contributed by atoms with Crippen LogP contribution in [0, 0.1) is 11.7 Å². The van der Waals surface area contributed by atoms with Gasteiger partial charge in [0.1, 0.15) is 5.82 Å². The number of benzene rings is 1. The molecule has 0 bridgehead atoms. The number of rotatable bonds is 5. The van der Waals surface area contributed by atoms with Crippen molar-refractivity contribution >= 4 is 17.3 Å². The maximum atomic E-state index is 13.9. The first kappa shape index (κ1) is 15.6. The molecule has 21 heavy (non-hydrogen) atoms. The molecule has 0 saturated carbocycles. The van der Waals surface area contributed by atoms with Crippen molar-refractivity contribution in [3.8, 4) is 0 Å². The van der Waals surface area contributed by atoms with E-state index >= 15 is 0 Å². The standard InChI is InChI=1S/C15H22FN3O2/c1-3-21-15(20)11-6-14(12(16)7-13(11)17)18-8-10-4-5-19(2)9-10/h6-7,10,18H,3-5,8-9,17H2,1-2H3. The molecule has 1 fully saturated rings. The lowest BCUT2D eigenvalue weighted by molar-refractivity contribution is 0.0527. The van der Waals surface area contributed by atoms with Crippen LogP contribution in [0.2, 0.25) is 0 Å². The number of ether oxygens (including phenoxy) is 1. The Bertz CT molecular complexity index is 522. The van der Waals surface area contributed by atoms with Gasteiger partial charge in [-0.2, -0.15) is 0 Å². The number of nitrogens with zero attached hydrogens (tertiary/aromatic N) is 1. The van der Waals surface area contributed by atoms with Crippen LogP contribution in [0.1, 0.15) is 23.7 Å². The fourth-order valence-electron chi connectivity index (χ4n) is 2.56. The Balaban J connectivity index is 2.08. The number of halogens is 1. The van der Waals surface area contributed by atoms with E-state index < -0.39 is 11.8 Å². The molecular weight excluding hydrogens is 273 g/mol. The summed E-state index contributed by atoms with van der Waals surface area (Å²) >= 11 is 0. The normalized spacial score (nSPS) is 18.7. The Morgan fingerprint density at radius 2 is 2.33 bits per heavy atom. The van der Waals surface area contributed by atoms with E-state index in [0.717, 1.165) is 25.6 Å². The van der Waals surface area contributed by atoms with Crippen molar-refractivity contribution in [1.82, 2.24) is 4.90 Å². The molecule has 0 amide bonds. The number of hydrogen-bond donors (Lipinski definition) is 2. The average molecular weight is 295 g/mol. The predicted molar refractivity (Wildman–Crippen MR) is 80.9 cm³/mol. The molecule has 2 rings (SSSR count). The third kappa shape index (κ3) is 3.85. The number of carbonyl (C=O) groups excluding carboxylic acids is 1. The van der Waals surface area contributed by atoms with Crippen molar-refractivity contribution < 1.29 is 13.9 Å². The largest absolute Gasteiger partial charge is 0.462 e. The predicted octanol–water partition coefficient (Wildman–Crippen LogP) is 1.95.